The molecule has 31 heavy (non-hydrogen) atoms. The molecule has 0 saturated carbocycles. The minimum Gasteiger partial charge on any atom is -0.494 e. The Balaban J connectivity index is 1.47. The first-order valence-electron chi connectivity index (χ1n) is 9.68. The van der Waals surface area contributed by atoms with Gasteiger partial charge in [0.2, 0.25) is 11.1 Å². The van der Waals surface area contributed by atoms with Crippen LogP contribution in [0.1, 0.15) is 12.5 Å². The molecular weight excluding hydrogens is 434 g/mol. The number of benzene rings is 2. The molecule has 2 heterocycles. The summed E-state index contributed by atoms with van der Waals surface area (Å²) in [4.78, 5) is 12.3. The quantitative estimate of drug-likeness (QED) is 0.401. The van der Waals surface area contributed by atoms with Gasteiger partial charge in [-0.1, -0.05) is 29.4 Å². The lowest BCUT2D eigenvalue weighted by Crippen LogP contribution is -2.14. The summed E-state index contributed by atoms with van der Waals surface area (Å²) in [5, 5.41) is 16.9. The third-order valence-corrected chi connectivity index (χ3v) is 5.81. The zero-order valence-electron chi connectivity index (χ0n) is 17.0. The second-order valence-electron chi connectivity index (χ2n) is 6.73. The number of carbonyl (C=O) groups excluding carboxylic acids is 1. The molecule has 0 aliphatic carbocycles. The van der Waals surface area contributed by atoms with E-state index in [1.165, 1.54) is 11.8 Å². The number of anilines is 1. The molecule has 9 heteroatoms. The summed E-state index contributed by atoms with van der Waals surface area (Å²) in [6.45, 7) is 4.48. The number of halogens is 1. The van der Waals surface area contributed by atoms with Gasteiger partial charge in [0.15, 0.2) is 5.65 Å². The maximum absolute atomic E-state index is 12.3. The Morgan fingerprint density at radius 3 is 2.68 bits per heavy atom. The minimum absolute atomic E-state index is 0.163. The number of amides is 1. The van der Waals surface area contributed by atoms with Crippen molar-refractivity contribution >= 4 is 40.6 Å². The van der Waals surface area contributed by atoms with Crippen LogP contribution >= 0.6 is 23.4 Å². The molecule has 0 spiro atoms. The maximum atomic E-state index is 12.3. The van der Waals surface area contributed by atoms with Gasteiger partial charge in [-0.05, 0) is 67.9 Å². The Labute approximate surface area is 188 Å². The van der Waals surface area contributed by atoms with Gasteiger partial charge in [-0.15, -0.1) is 10.2 Å². The molecule has 0 unspecified atom stereocenters. The average Bonchev–Trinajstić information content (AvgIpc) is 3.18. The lowest BCUT2D eigenvalue weighted by Gasteiger charge is -2.07. The van der Waals surface area contributed by atoms with E-state index in [0.29, 0.717) is 28.1 Å². The number of aryl methyl sites for hydroxylation is 1. The summed E-state index contributed by atoms with van der Waals surface area (Å²) in [5.74, 6) is 0.819. The van der Waals surface area contributed by atoms with Crippen LogP contribution in [0.3, 0.4) is 0 Å². The fourth-order valence-electron chi connectivity index (χ4n) is 2.90. The third-order valence-electron chi connectivity index (χ3n) is 4.48. The predicted molar refractivity (Wildman–Crippen MR) is 123 cm³/mol. The normalized spacial score (nSPS) is 10.9. The van der Waals surface area contributed by atoms with Gasteiger partial charge in [0.05, 0.1) is 18.1 Å². The van der Waals surface area contributed by atoms with Gasteiger partial charge in [0.25, 0.3) is 0 Å². The highest BCUT2D eigenvalue weighted by molar-refractivity contribution is 7.99. The predicted octanol–water partition coefficient (Wildman–Crippen LogP) is 4.88. The van der Waals surface area contributed by atoms with Crippen LogP contribution < -0.4 is 10.1 Å². The van der Waals surface area contributed by atoms with Crippen molar-refractivity contribution in [2.75, 3.05) is 17.7 Å². The topological polar surface area (TPSA) is 81.4 Å². The highest BCUT2D eigenvalue weighted by atomic mass is 35.5. The van der Waals surface area contributed by atoms with Crippen molar-refractivity contribution in [2.45, 2.75) is 19.0 Å². The van der Waals surface area contributed by atoms with E-state index in [1.807, 2.05) is 62.4 Å². The Morgan fingerprint density at radius 2 is 1.94 bits per heavy atom. The second kappa shape index (κ2) is 9.36. The molecule has 4 aromatic rings. The van der Waals surface area contributed by atoms with E-state index in [-0.39, 0.29) is 11.7 Å². The SMILES string of the molecule is CCOc1ccc(-c2ccc3nnc(SCC(=O)Nc4ccc(C)c(Cl)c4)n3n2)cc1. The van der Waals surface area contributed by atoms with Crippen LogP contribution in [-0.2, 0) is 4.79 Å². The van der Waals surface area contributed by atoms with Crippen LogP contribution in [-0.4, -0.2) is 38.1 Å². The lowest BCUT2D eigenvalue weighted by molar-refractivity contribution is -0.113. The first-order chi connectivity index (χ1) is 15.0. The number of nitrogens with zero attached hydrogens (tertiary/aromatic N) is 4. The number of fused-ring (bicyclic) bond motifs is 1. The summed E-state index contributed by atoms with van der Waals surface area (Å²) in [5.41, 5.74) is 3.95. The molecule has 2 aromatic carbocycles. The van der Waals surface area contributed by atoms with Crippen molar-refractivity contribution < 1.29 is 9.53 Å². The molecule has 0 aliphatic heterocycles. The molecule has 7 nitrogen and oxygen atoms in total. The number of hydrogen-bond donors (Lipinski definition) is 1. The van der Waals surface area contributed by atoms with Crippen molar-refractivity contribution in [3.05, 3.63) is 65.2 Å². The fourth-order valence-corrected chi connectivity index (χ4v) is 3.77. The van der Waals surface area contributed by atoms with Crippen LogP contribution in [0.25, 0.3) is 16.9 Å². The van der Waals surface area contributed by atoms with Gasteiger partial charge in [-0.2, -0.15) is 9.61 Å². The van der Waals surface area contributed by atoms with E-state index in [2.05, 4.69) is 20.6 Å². The van der Waals surface area contributed by atoms with Gasteiger partial charge >= 0.3 is 0 Å². The molecule has 158 valence electrons. The zero-order chi connectivity index (χ0) is 21.8. The van der Waals surface area contributed by atoms with Gasteiger partial charge in [0, 0.05) is 16.3 Å². The second-order valence-corrected chi connectivity index (χ2v) is 8.08. The van der Waals surface area contributed by atoms with Crippen LogP contribution in [0, 0.1) is 6.92 Å². The smallest absolute Gasteiger partial charge is 0.234 e. The Hall–Kier alpha value is -3.10. The molecule has 0 atom stereocenters. The summed E-state index contributed by atoms with van der Waals surface area (Å²) < 4.78 is 7.13. The van der Waals surface area contributed by atoms with E-state index in [1.54, 1.807) is 10.6 Å². The Morgan fingerprint density at radius 1 is 1.13 bits per heavy atom. The molecule has 0 saturated heterocycles. The molecular formula is C22H20ClN5O2S. The van der Waals surface area contributed by atoms with E-state index in [0.717, 1.165) is 22.6 Å². The molecule has 1 amide bonds. The molecule has 0 bridgehead atoms. The van der Waals surface area contributed by atoms with Gasteiger partial charge in [-0.25, -0.2) is 0 Å². The van der Waals surface area contributed by atoms with Crippen LogP contribution in [0.4, 0.5) is 5.69 Å². The summed E-state index contributed by atoms with van der Waals surface area (Å²) in [7, 11) is 0. The Kier molecular flexibility index (Phi) is 6.39. The lowest BCUT2D eigenvalue weighted by atomic mass is 10.1. The number of rotatable bonds is 7. The number of thioether (sulfide) groups is 1. The number of carbonyl (C=O) groups is 1. The molecule has 4 rings (SSSR count). The molecule has 0 radical (unpaired) electrons. The van der Waals surface area contributed by atoms with E-state index in [9.17, 15) is 4.79 Å². The summed E-state index contributed by atoms with van der Waals surface area (Å²) in [6, 6.07) is 16.9. The molecule has 0 aliphatic rings. The van der Waals surface area contributed by atoms with Crippen molar-refractivity contribution in [2.24, 2.45) is 0 Å². The minimum atomic E-state index is -0.163. The Bertz CT molecular complexity index is 1230. The standard InChI is InChI=1S/C22H20ClN5O2S/c1-3-30-17-8-5-15(6-9-17)19-10-11-20-25-26-22(28(20)27-19)31-13-21(29)24-16-7-4-14(2)18(23)12-16/h4-12H,3,13H2,1-2H3,(H,24,29). The van der Waals surface area contributed by atoms with E-state index < -0.39 is 0 Å². The summed E-state index contributed by atoms with van der Waals surface area (Å²) >= 11 is 7.38. The highest BCUT2D eigenvalue weighted by Gasteiger charge is 2.12. The van der Waals surface area contributed by atoms with Crippen LogP contribution in [0.2, 0.25) is 5.02 Å². The van der Waals surface area contributed by atoms with Crippen LogP contribution in [0.15, 0.2) is 59.8 Å². The monoisotopic (exact) mass is 453 g/mol. The van der Waals surface area contributed by atoms with E-state index >= 15 is 0 Å². The first kappa shape index (κ1) is 21.1. The van der Waals surface area contributed by atoms with Gasteiger partial charge < -0.3 is 10.1 Å². The third kappa shape index (κ3) is 4.98. The number of ether oxygens (including phenoxy) is 1. The van der Waals surface area contributed by atoms with E-state index in [4.69, 9.17) is 16.3 Å². The zero-order valence-corrected chi connectivity index (χ0v) is 18.6. The molecule has 2 aromatic heterocycles. The van der Waals surface area contributed by atoms with Crippen molar-refractivity contribution in [3.8, 4) is 17.0 Å². The number of hydrogen-bond acceptors (Lipinski definition) is 6. The van der Waals surface area contributed by atoms with Crippen molar-refractivity contribution in [1.29, 1.82) is 0 Å². The largest absolute Gasteiger partial charge is 0.494 e. The number of aromatic nitrogens is 4. The van der Waals surface area contributed by atoms with Gasteiger partial charge in [-0.3, -0.25) is 4.79 Å². The number of nitrogens with one attached hydrogen (secondary N) is 1. The fraction of sp³-hybridized carbons (Fsp3) is 0.182. The average molecular weight is 454 g/mol. The van der Waals surface area contributed by atoms with Crippen LogP contribution in [0.5, 0.6) is 5.75 Å². The highest BCUT2D eigenvalue weighted by Crippen LogP contribution is 2.24. The molecule has 1 N–H and O–H groups in total. The van der Waals surface area contributed by atoms with Crippen molar-refractivity contribution in [3.63, 3.8) is 0 Å². The first-order valence-corrected chi connectivity index (χ1v) is 11.0. The summed E-state index contributed by atoms with van der Waals surface area (Å²) in [6.07, 6.45) is 0. The van der Waals surface area contributed by atoms with Crippen molar-refractivity contribution in [1.82, 2.24) is 19.8 Å². The van der Waals surface area contributed by atoms with Gasteiger partial charge in [0.1, 0.15) is 5.75 Å². The molecule has 0 fully saturated rings. The maximum Gasteiger partial charge on any atom is 0.234 e.